The Morgan fingerprint density at radius 3 is 2.00 bits per heavy atom. The average molecular weight is 275 g/mol. The molecule has 0 bridgehead atoms. The first-order chi connectivity index (χ1) is 9.06. The van der Waals surface area contributed by atoms with Gasteiger partial charge in [0.25, 0.3) is 0 Å². The van der Waals surface area contributed by atoms with Crippen molar-refractivity contribution in [2.45, 2.75) is 20.8 Å². The molecular formula is C15H16O3P+. The van der Waals surface area contributed by atoms with E-state index in [2.05, 4.69) is 0 Å². The molecule has 2 aromatic carbocycles. The van der Waals surface area contributed by atoms with Crippen LogP contribution in [0.4, 0.5) is 0 Å². The largest absolute Gasteiger partial charge is 0.805 e. The van der Waals surface area contributed by atoms with E-state index >= 15 is 0 Å². The van der Waals surface area contributed by atoms with Gasteiger partial charge >= 0.3 is 8.25 Å². The van der Waals surface area contributed by atoms with Gasteiger partial charge in [-0.3, -0.25) is 0 Å². The first kappa shape index (κ1) is 13.6. The highest BCUT2D eigenvalue weighted by Gasteiger charge is 2.26. The highest BCUT2D eigenvalue weighted by molar-refractivity contribution is 7.34. The van der Waals surface area contributed by atoms with E-state index in [-0.39, 0.29) is 0 Å². The molecule has 0 radical (unpaired) electrons. The van der Waals surface area contributed by atoms with Crippen LogP contribution in [0, 0.1) is 20.8 Å². The second-order valence-electron chi connectivity index (χ2n) is 4.44. The van der Waals surface area contributed by atoms with Crippen LogP contribution in [0.3, 0.4) is 0 Å². The van der Waals surface area contributed by atoms with E-state index in [1.807, 2.05) is 51.1 Å². The fourth-order valence-corrected chi connectivity index (χ4v) is 2.49. The summed E-state index contributed by atoms with van der Waals surface area (Å²) in [5.41, 5.74) is 3.00. The molecule has 0 spiro atoms. The van der Waals surface area contributed by atoms with Crippen LogP contribution >= 0.6 is 8.25 Å². The molecule has 3 nitrogen and oxygen atoms in total. The minimum atomic E-state index is -2.23. The number of hydrogen-bond donors (Lipinski definition) is 0. The summed E-state index contributed by atoms with van der Waals surface area (Å²) in [5.74, 6) is 1.16. The van der Waals surface area contributed by atoms with E-state index in [1.54, 1.807) is 12.1 Å². The third kappa shape index (κ3) is 3.55. The van der Waals surface area contributed by atoms with Gasteiger partial charge in [-0.15, -0.1) is 0 Å². The van der Waals surface area contributed by atoms with Crippen LogP contribution in [0.5, 0.6) is 11.5 Å². The molecule has 0 aliphatic heterocycles. The van der Waals surface area contributed by atoms with Crippen LogP contribution in [0.25, 0.3) is 0 Å². The van der Waals surface area contributed by atoms with Gasteiger partial charge in [0, 0.05) is 4.57 Å². The number of hydrogen-bond acceptors (Lipinski definition) is 3. The fraction of sp³-hybridized carbons (Fsp3) is 0.200. The van der Waals surface area contributed by atoms with Gasteiger partial charge in [0.15, 0.2) is 11.5 Å². The third-order valence-corrected chi connectivity index (χ3v) is 3.47. The van der Waals surface area contributed by atoms with Gasteiger partial charge in [-0.2, -0.15) is 0 Å². The van der Waals surface area contributed by atoms with Crippen molar-refractivity contribution in [3.05, 3.63) is 59.2 Å². The van der Waals surface area contributed by atoms with Gasteiger partial charge in [-0.25, -0.2) is 9.05 Å². The average Bonchev–Trinajstić information content (AvgIpc) is 2.37. The van der Waals surface area contributed by atoms with Crippen LogP contribution in [0.1, 0.15) is 16.7 Å². The Hall–Kier alpha value is -1.86. The number of para-hydroxylation sites is 1. The highest BCUT2D eigenvalue weighted by atomic mass is 31.1. The predicted octanol–water partition coefficient (Wildman–Crippen LogP) is 4.73. The van der Waals surface area contributed by atoms with Gasteiger partial charge in [0.2, 0.25) is 0 Å². The van der Waals surface area contributed by atoms with Gasteiger partial charge < -0.3 is 0 Å². The minimum absolute atomic E-state index is 0.540. The molecule has 0 saturated carbocycles. The summed E-state index contributed by atoms with van der Waals surface area (Å²) in [6.45, 7) is 5.81. The molecule has 19 heavy (non-hydrogen) atoms. The lowest BCUT2D eigenvalue weighted by Gasteiger charge is -2.02. The van der Waals surface area contributed by atoms with Gasteiger partial charge in [-0.1, -0.05) is 35.9 Å². The second kappa shape index (κ2) is 5.85. The Kier molecular flexibility index (Phi) is 4.18. The molecule has 98 valence electrons. The maximum atomic E-state index is 11.9. The summed E-state index contributed by atoms with van der Waals surface area (Å²) >= 11 is 0. The van der Waals surface area contributed by atoms with Crippen molar-refractivity contribution in [3.8, 4) is 11.5 Å². The van der Waals surface area contributed by atoms with E-state index in [4.69, 9.17) is 9.05 Å². The molecule has 4 heteroatoms. The molecular weight excluding hydrogens is 259 g/mol. The molecule has 0 heterocycles. The molecule has 0 fully saturated rings. The van der Waals surface area contributed by atoms with E-state index < -0.39 is 8.25 Å². The maximum absolute atomic E-state index is 11.9. The van der Waals surface area contributed by atoms with Crippen LogP contribution in [0.2, 0.25) is 0 Å². The first-order valence-corrected chi connectivity index (χ1v) is 7.12. The van der Waals surface area contributed by atoms with Crippen molar-refractivity contribution in [2.75, 3.05) is 0 Å². The minimum Gasteiger partial charge on any atom is -0.222 e. The lowest BCUT2D eigenvalue weighted by atomic mass is 10.1. The zero-order valence-electron chi connectivity index (χ0n) is 11.2. The van der Waals surface area contributed by atoms with Crippen molar-refractivity contribution in [1.82, 2.24) is 0 Å². The van der Waals surface area contributed by atoms with E-state index in [0.29, 0.717) is 11.5 Å². The monoisotopic (exact) mass is 275 g/mol. The second-order valence-corrected chi connectivity index (χ2v) is 5.25. The molecule has 0 N–H and O–H groups in total. The van der Waals surface area contributed by atoms with E-state index in [9.17, 15) is 4.57 Å². The third-order valence-electron chi connectivity index (χ3n) is 2.78. The zero-order valence-corrected chi connectivity index (χ0v) is 12.1. The number of aryl methyl sites for hydroxylation is 3. The summed E-state index contributed by atoms with van der Waals surface area (Å²) < 4.78 is 22.5. The Balaban J connectivity index is 2.07. The summed E-state index contributed by atoms with van der Waals surface area (Å²) in [5, 5.41) is 0. The zero-order chi connectivity index (χ0) is 13.8. The maximum Gasteiger partial charge on any atom is 0.805 e. The summed E-state index contributed by atoms with van der Waals surface area (Å²) in [7, 11) is -2.23. The summed E-state index contributed by atoms with van der Waals surface area (Å²) in [6.07, 6.45) is 0. The number of benzene rings is 2. The van der Waals surface area contributed by atoms with Crippen LogP contribution in [0.15, 0.2) is 42.5 Å². The molecule has 1 atom stereocenters. The molecule has 2 rings (SSSR count). The van der Waals surface area contributed by atoms with Crippen LogP contribution < -0.4 is 9.05 Å². The van der Waals surface area contributed by atoms with Crippen LogP contribution in [-0.4, -0.2) is 0 Å². The van der Waals surface area contributed by atoms with Crippen molar-refractivity contribution in [3.63, 3.8) is 0 Å². The summed E-state index contributed by atoms with van der Waals surface area (Å²) in [6, 6.07) is 13.1. The lowest BCUT2D eigenvalue weighted by molar-refractivity contribution is 0.413. The topological polar surface area (TPSA) is 35.5 Å². The van der Waals surface area contributed by atoms with Gasteiger partial charge in [0.05, 0.1) is 0 Å². The first-order valence-electron chi connectivity index (χ1n) is 6.02. The van der Waals surface area contributed by atoms with Crippen molar-refractivity contribution >= 4 is 8.25 Å². The Bertz CT molecular complexity index is 571. The molecule has 1 unspecified atom stereocenters. The number of rotatable bonds is 4. The van der Waals surface area contributed by atoms with E-state index in [1.165, 1.54) is 0 Å². The molecule has 0 aliphatic rings. The Labute approximate surface area is 114 Å². The molecule has 0 saturated heterocycles. The normalized spacial score (nSPS) is 11.0. The van der Waals surface area contributed by atoms with Gasteiger partial charge in [0.1, 0.15) is 0 Å². The quantitative estimate of drug-likeness (QED) is 0.757. The fourth-order valence-electron chi connectivity index (χ4n) is 1.72. The Morgan fingerprint density at radius 1 is 0.842 bits per heavy atom. The van der Waals surface area contributed by atoms with Crippen molar-refractivity contribution in [1.29, 1.82) is 0 Å². The lowest BCUT2D eigenvalue weighted by Crippen LogP contribution is -1.93. The smallest absolute Gasteiger partial charge is 0.222 e. The SMILES string of the molecule is Cc1ccc(O[P+](=O)Oc2c(C)cccc2C)cc1. The highest BCUT2D eigenvalue weighted by Crippen LogP contribution is 2.34. The summed E-state index contributed by atoms with van der Waals surface area (Å²) in [4.78, 5) is 0. The molecule has 2 aromatic rings. The Morgan fingerprint density at radius 2 is 1.42 bits per heavy atom. The predicted molar refractivity (Wildman–Crippen MR) is 76.0 cm³/mol. The van der Waals surface area contributed by atoms with Crippen molar-refractivity contribution in [2.24, 2.45) is 0 Å². The molecule has 0 aliphatic carbocycles. The van der Waals surface area contributed by atoms with Gasteiger partial charge in [-0.05, 0) is 44.0 Å². The van der Waals surface area contributed by atoms with E-state index in [0.717, 1.165) is 16.7 Å². The van der Waals surface area contributed by atoms with Crippen molar-refractivity contribution < 1.29 is 13.6 Å². The molecule has 0 amide bonds. The standard InChI is InChI=1S/C15H16O3P/c1-11-7-9-14(10-8-11)17-19(16)18-15-12(2)5-4-6-13(15)3/h4-10H,1-3H3/q+1. The van der Waals surface area contributed by atoms with Crippen LogP contribution in [-0.2, 0) is 4.57 Å². The molecule has 0 aromatic heterocycles.